The SMILES string of the molecule is CCn1nc(C(C)C)cc1C(=O)N1CCCC1C(=O)OC. The molecule has 0 radical (unpaired) electrons. The van der Waals surface area contributed by atoms with Crippen LogP contribution in [-0.4, -0.2) is 46.3 Å². The van der Waals surface area contributed by atoms with Crippen LogP contribution in [0.15, 0.2) is 6.07 Å². The van der Waals surface area contributed by atoms with Crippen molar-refractivity contribution in [1.82, 2.24) is 14.7 Å². The number of ether oxygens (including phenoxy) is 1. The fourth-order valence-corrected chi connectivity index (χ4v) is 2.67. The number of hydrogen-bond acceptors (Lipinski definition) is 4. The van der Waals surface area contributed by atoms with Crippen LogP contribution < -0.4 is 0 Å². The van der Waals surface area contributed by atoms with Crippen molar-refractivity contribution >= 4 is 11.9 Å². The van der Waals surface area contributed by atoms with Gasteiger partial charge in [0.05, 0.1) is 12.8 Å². The monoisotopic (exact) mass is 293 g/mol. The lowest BCUT2D eigenvalue weighted by atomic mass is 10.1. The van der Waals surface area contributed by atoms with Crippen LogP contribution in [0.25, 0.3) is 0 Å². The number of carbonyl (C=O) groups is 2. The summed E-state index contributed by atoms with van der Waals surface area (Å²) >= 11 is 0. The fraction of sp³-hybridized carbons (Fsp3) is 0.667. The summed E-state index contributed by atoms with van der Waals surface area (Å²) < 4.78 is 6.51. The Morgan fingerprint density at radius 3 is 2.76 bits per heavy atom. The van der Waals surface area contributed by atoms with Crippen molar-refractivity contribution < 1.29 is 14.3 Å². The van der Waals surface area contributed by atoms with E-state index in [0.717, 1.165) is 12.1 Å². The fourth-order valence-electron chi connectivity index (χ4n) is 2.67. The van der Waals surface area contributed by atoms with Gasteiger partial charge in [0, 0.05) is 13.1 Å². The molecule has 116 valence electrons. The summed E-state index contributed by atoms with van der Waals surface area (Å²) in [5.41, 5.74) is 1.45. The highest BCUT2D eigenvalue weighted by Gasteiger charge is 2.36. The zero-order valence-corrected chi connectivity index (χ0v) is 13.1. The first-order valence-corrected chi connectivity index (χ1v) is 7.46. The van der Waals surface area contributed by atoms with E-state index in [9.17, 15) is 9.59 Å². The van der Waals surface area contributed by atoms with Gasteiger partial charge in [0.25, 0.3) is 5.91 Å². The Kier molecular flexibility index (Phi) is 4.65. The lowest BCUT2D eigenvalue weighted by molar-refractivity contribution is -0.145. The van der Waals surface area contributed by atoms with E-state index in [2.05, 4.69) is 5.10 Å². The van der Waals surface area contributed by atoms with Gasteiger partial charge in [0.1, 0.15) is 11.7 Å². The van der Waals surface area contributed by atoms with Crippen molar-refractivity contribution in [1.29, 1.82) is 0 Å². The minimum Gasteiger partial charge on any atom is -0.467 e. The van der Waals surface area contributed by atoms with E-state index in [0.29, 0.717) is 25.2 Å². The Labute approximate surface area is 125 Å². The molecule has 2 heterocycles. The van der Waals surface area contributed by atoms with Crippen molar-refractivity contribution in [3.05, 3.63) is 17.5 Å². The smallest absolute Gasteiger partial charge is 0.328 e. The lowest BCUT2D eigenvalue weighted by Gasteiger charge is -2.22. The second-order valence-corrected chi connectivity index (χ2v) is 5.60. The van der Waals surface area contributed by atoms with Crippen LogP contribution in [0.4, 0.5) is 0 Å². The second-order valence-electron chi connectivity index (χ2n) is 5.60. The number of aryl methyl sites for hydroxylation is 1. The molecule has 1 amide bonds. The third-order valence-electron chi connectivity index (χ3n) is 3.90. The van der Waals surface area contributed by atoms with Crippen molar-refractivity contribution in [3.8, 4) is 0 Å². The van der Waals surface area contributed by atoms with E-state index < -0.39 is 6.04 Å². The first-order chi connectivity index (χ1) is 9.99. The van der Waals surface area contributed by atoms with Crippen LogP contribution in [-0.2, 0) is 16.1 Å². The van der Waals surface area contributed by atoms with E-state index in [1.807, 2.05) is 26.8 Å². The zero-order valence-electron chi connectivity index (χ0n) is 13.1. The molecule has 0 saturated carbocycles. The van der Waals surface area contributed by atoms with Crippen LogP contribution in [0.3, 0.4) is 0 Å². The van der Waals surface area contributed by atoms with Gasteiger partial charge >= 0.3 is 5.97 Å². The molecule has 1 aromatic rings. The normalized spacial score (nSPS) is 18.3. The molecule has 1 aliphatic heterocycles. The predicted molar refractivity (Wildman–Crippen MR) is 78.1 cm³/mol. The molecule has 1 aliphatic rings. The van der Waals surface area contributed by atoms with Gasteiger partial charge in [-0.1, -0.05) is 13.8 Å². The van der Waals surface area contributed by atoms with Crippen molar-refractivity contribution in [2.45, 2.75) is 52.1 Å². The molecule has 1 unspecified atom stereocenters. The number of carbonyl (C=O) groups excluding carboxylic acids is 2. The number of esters is 1. The summed E-state index contributed by atoms with van der Waals surface area (Å²) in [6, 6.07) is 1.37. The van der Waals surface area contributed by atoms with E-state index >= 15 is 0 Å². The third kappa shape index (κ3) is 2.94. The highest BCUT2D eigenvalue weighted by molar-refractivity contribution is 5.96. The van der Waals surface area contributed by atoms with Crippen molar-refractivity contribution in [3.63, 3.8) is 0 Å². The van der Waals surface area contributed by atoms with Crippen molar-refractivity contribution in [2.75, 3.05) is 13.7 Å². The van der Waals surface area contributed by atoms with Crippen LogP contribution in [0.1, 0.15) is 55.7 Å². The Morgan fingerprint density at radius 1 is 1.48 bits per heavy atom. The molecular weight excluding hydrogens is 270 g/mol. The topological polar surface area (TPSA) is 64.4 Å². The maximum absolute atomic E-state index is 12.8. The number of methoxy groups -OCH3 is 1. The highest BCUT2D eigenvalue weighted by atomic mass is 16.5. The van der Waals surface area contributed by atoms with E-state index in [1.54, 1.807) is 9.58 Å². The Bertz CT molecular complexity index is 536. The van der Waals surface area contributed by atoms with Gasteiger partial charge in [0.2, 0.25) is 0 Å². The number of aromatic nitrogens is 2. The maximum Gasteiger partial charge on any atom is 0.328 e. The molecule has 2 rings (SSSR count). The quantitative estimate of drug-likeness (QED) is 0.794. The van der Waals surface area contributed by atoms with Gasteiger partial charge < -0.3 is 9.64 Å². The van der Waals surface area contributed by atoms with Crippen LogP contribution in [0.2, 0.25) is 0 Å². The van der Waals surface area contributed by atoms with Gasteiger partial charge in [-0.15, -0.1) is 0 Å². The third-order valence-corrected chi connectivity index (χ3v) is 3.90. The molecular formula is C15H23N3O3. The number of nitrogens with zero attached hydrogens (tertiary/aromatic N) is 3. The Hall–Kier alpha value is -1.85. The number of rotatable bonds is 4. The molecule has 0 N–H and O–H groups in total. The second kappa shape index (κ2) is 6.28. The molecule has 6 heteroatoms. The van der Waals surface area contributed by atoms with Crippen LogP contribution >= 0.6 is 0 Å². The molecule has 1 aromatic heterocycles. The molecule has 6 nitrogen and oxygen atoms in total. The standard InChI is InChI=1S/C15H23N3O3/c1-5-18-13(9-11(16-18)10(2)3)14(19)17-8-6-7-12(17)15(20)21-4/h9-10,12H,5-8H2,1-4H3. The summed E-state index contributed by atoms with van der Waals surface area (Å²) in [6.07, 6.45) is 1.48. The van der Waals surface area contributed by atoms with Crippen LogP contribution in [0.5, 0.6) is 0 Å². The van der Waals surface area contributed by atoms with E-state index in [-0.39, 0.29) is 17.8 Å². The summed E-state index contributed by atoms with van der Waals surface area (Å²) in [4.78, 5) is 26.2. The number of amides is 1. The van der Waals surface area contributed by atoms with E-state index in [1.165, 1.54) is 7.11 Å². The molecule has 1 fully saturated rings. The molecule has 1 atom stereocenters. The molecule has 21 heavy (non-hydrogen) atoms. The number of likely N-dealkylation sites (tertiary alicyclic amines) is 1. The summed E-state index contributed by atoms with van der Waals surface area (Å²) in [7, 11) is 1.36. The van der Waals surface area contributed by atoms with Crippen molar-refractivity contribution in [2.24, 2.45) is 0 Å². The first-order valence-electron chi connectivity index (χ1n) is 7.46. The van der Waals surface area contributed by atoms with Gasteiger partial charge in [-0.2, -0.15) is 5.10 Å². The molecule has 0 aliphatic carbocycles. The van der Waals surface area contributed by atoms with Gasteiger partial charge in [-0.3, -0.25) is 9.48 Å². The Balaban J connectivity index is 2.29. The van der Waals surface area contributed by atoms with E-state index in [4.69, 9.17) is 4.74 Å². The lowest BCUT2D eigenvalue weighted by Crippen LogP contribution is -2.41. The largest absolute Gasteiger partial charge is 0.467 e. The summed E-state index contributed by atoms with van der Waals surface area (Å²) in [6.45, 7) is 7.26. The van der Waals surface area contributed by atoms with Crippen LogP contribution in [0, 0.1) is 0 Å². The summed E-state index contributed by atoms with van der Waals surface area (Å²) in [5, 5.41) is 4.46. The number of hydrogen-bond donors (Lipinski definition) is 0. The minimum atomic E-state index is -0.467. The Morgan fingerprint density at radius 2 is 2.19 bits per heavy atom. The molecule has 0 aromatic carbocycles. The maximum atomic E-state index is 12.8. The first kappa shape index (κ1) is 15.5. The average Bonchev–Trinajstić information content (AvgIpc) is 3.11. The summed E-state index contributed by atoms with van der Waals surface area (Å²) in [5.74, 6) is -0.212. The molecule has 0 bridgehead atoms. The average molecular weight is 293 g/mol. The zero-order chi connectivity index (χ0) is 15.6. The minimum absolute atomic E-state index is 0.135. The highest BCUT2D eigenvalue weighted by Crippen LogP contribution is 2.23. The molecule has 1 saturated heterocycles. The van der Waals surface area contributed by atoms with Gasteiger partial charge in [0.15, 0.2) is 0 Å². The predicted octanol–water partition coefficient (Wildman–Crippen LogP) is 1.80. The van der Waals surface area contributed by atoms with Gasteiger partial charge in [-0.05, 0) is 31.7 Å². The van der Waals surface area contributed by atoms with Gasteiger partial charge in [-0.25, -0.2) is 4.79 Å². The molecule has 0 spiro atoms.